The van der Waals surface area contributed by atoms with E-state index >= 15 is 0 Å². The zero-order valence-electron chi connectivity index (χ0n) is 23.4. The normalized spacial score (nSPS) is 12.3. The first kappa shape index (κ1) is 30.5. The van der Waals surface area contributed by atoms with Crippen LogP contribution in [0.4, 0.5) is 4.39 Å². The number of aromatic hydroxyl groups is 1. The summed E-state index contributed by atoms with van der Waals surface area (Å²) in [6, 6.07) is 16.0. The van der Waals surface area contributed by atoms with Crippen LogP contribution >= 0.6 is 0 Å². The molecule has 0 fully saturated rings. The molecule has 0 aliphatic heterocycles. The highest BCUT2D eigenvalue weighted by atomic mass is 32.2. The fourth-order valence-corrected chi connectivity index (χ4v) is 5.86. The highest BCUT2D eigenvalue weighted by molar-refractivity contribution is 7.91. The van der Waals surface area contributed by atoms with E-state index in [1.165, 1.54) is 48.1 Å². The Morgan fingerprint density at radius 2 is 1.81 bits per heavy atom. The number of aromatic nitrogens is 3. The van der Waals surface area contributed by atoms with Gasteiger partial charge in [-0.3, -0.25) is 9.36 Å². The molecule has 0 bridgehead atoms. The first-order valence-corrected chi connectivity index (χ1v) is 14.4. The minimum Gasteiger partial charge on any atom is -0.493 e. The lowest BCUT2D eigenvalue weighted by Crippen LogP contribution is -2.29. The standard InChI is InChI=1S/C30H29FN4O6S/c1-18(2)41-17-27-34-29(36)28(30(37)35(27)25(16-40-4)22-7-5-6-20(14-22)15-32)42(38,39)23-10-8-21(9-11-23)24-12-13-26(31)33-19(24)3/h5-14,18,25,37H,16-17H2,1-4H3. The lowest BCUT2D eigenvalue weighted by atomic mass is 10.0. The number of ether oxygens (including phenoxy) is 2. The number of benzene rings is 2. The Hall–Kier alpha value is -4.44. The molecule has 1 unspecified atom stereocenters. The van der Waals surface area contributed by atoms with E-state index in [-0.39, 0.29) is 30.0 Å². The van der Waals surface area contributed by atoms with Crippen LogP contribution in [0.2, 0.25) is 0 Å². The van der Waals surface area contributed by atoms with Gasteiger partial charge in [0.05, 0.1) is 35.3 Å². The average molecular weight is 593 g/mol. The monoisotopic (exact) mass is 592 g/mol. The molecule has 1 N–H and O–H groups in total. The largest absolute Gasteiger partial charge is 0.493 e. The second-order valence-corrected chi connectivity index (χ2v) is 11.6. The van der Waals surface area contributed by atoms with Crippen LogP contribution in [0.25, 0.3) is 11.1 Å². The molecule has 4 aromatic rings. The first-order valence-electron chi connectivity index (χ1n) is 12.9. The van der Waals surface area contributed by atoms with Crippen LogP contribution in [0.15, 0.2) is 75.2 Å². The fourth-order valence-electron chi connectivity index (χ4n) is 4.51. The minimum atomic E-state index is -4.59. The summed E-state index contributed by atoms with van der Waals surface area (Å²) >= 11 is 0. The second kappa shape index (κ2) is 12.6. The van der Waals surface area contributed by atoms with Gasteiger partial charge in [0.1, 0.15) is 12.4 Å². The van der Waals surface area contributed by atoms with Crippen LogP contribution in [0.3, 0.4) is 0 Å². The van der Waals surface area contributed by atoms with Crippen molar-refractivity contribution in [2.45, 2.75) is 49.3 Å². The van der Waals surface area contributed by atoms with Crippen LogP contribution in [-0.2, 0) is 25.9 Å². The molecule has 0 aliphatic rings. The lowest BCUT2D eigenvalue weighted by molar-refractivity contribution is 0.0554. The van der Waals surface area contributed by atoms with E-state index in [2.05, 4.69) is 16.0 Å². The van der Waals surface area contributed by atoms with Gasteiger partial charge in [-0.05, 0) is 68.3 Å². The smallest absolute Gasteiger partial charge is 0.296 e. The molecule has 1 atom stereocenters. The molecule has 0 saturated carbocycles. The molecule has 0 amide bonds. The topological polar surface area (TPSA) is 144 Å². The zero-order valence-corrected chi connectivity index (χ0v) is 24.2. The summed E-state index contributed by atoms with van der Waals surface area (Å²) in [4.78, 5) is 19.9. The highest BCUT2D eigenvalue weighted by Gasteiger charge is 2.32. The summed E-state index contributed by atoms with van der Waals surface area (Å²) in [7, 11) is -3.16. The van der Waals surface area contributed by atoms with Gasteiger partial charge in [0.25, 0.3) is 5.56 Å². The Morgan fingerprint density at radius 3 is 2.43 bits per heavy atom. The number of methoxy groups -OCH3 is 1. The average Bonchev–Trinajstić information content (AvgIpc) is 2.95. The van der Waals surface area contributed by atoms with Crippen LogP contribution in [0, 0.1) is 24.2 Å². The van der Waals surface area contributed by atoms with Crippen LogP contribution < -0.4 is 5.56 Å². The molecule has 0 aliphatic carbocycles. The van der Waals surface area contributed by atoms with Gasteiger partial charge in [-0.25, -0.2) is 13.4 Å². The fraction of sp³-hybridized carbons (Fsp3) is 0.267. The SMILES string of the molecule is COCC(c1cccc(C#N)c1)n1c(COC(C)C)nc(=O)c(S(=O)(=O)c2ccc(-c3ccc(F)nc3C)cc2)c1O. The third-order valence-electron chi connectivity index (χ3n) is 6.51. The van der Waals surface area contributed by atoms with E-state index in [1.54, 1.807) is 45.0 Å². The molecule has 0 radical (unpaired) electrons. The van der Waals surface area contributed by atoms with Gasteiger partial charge in [-0.15, -0.1) is 0 Å². The number of nitrogens with zero attached hydrogens (tertiary/aromatic N) is 4. The third-order valence-corrected chi connectivity index (χ3v) is 8.30. The van der Waals surface area contributed by atoms with Gasteiger partial charge in [0.2, 0.25) is 21.7 Å². The van der Waals surface area contributed by atoms with Gasteiger partial charge >= 0.3 is 0 Å². The molecule has 42 heavy (non-hydrogen) atoms. The van der Waals surface area contributed by atoms with Crippen molar-refractivity contribution in [3.63, 3.8) is 0 Å². The van der Waals surface area contributed by atoms with Crippen LogP contribution in [0.1, 0.15) is 42.5 Å². The van der Waals surface area contributed by atoms with Gasteiger partial charge in [0, 0.05) is 18.4 Å². The van der Waals surface area contributed by atoms with Crippen molar-refractivity contribution in [2.24, 2.45) is 0 Å². The number of hydrogen-bond acceptors (Lipinski definition) is 9. The third kappa shape index (κ3) is 6.23. The predicted molar refractivity (Wildman–Crippen MR) is 151 cm³/mol. The maximum Gasteiger partial charge on any atom is 0.296 e. The van der Waals surface area contributed by atoms with Crippen molar-refractivity contribution in [1.82, 2.24) is 14.5 Å². The Balaban J connectivity index is 1.89. The first-order chi connectivity index (χ1) is 20.0. The summed E-state index contributed by atoms with van der Waals surface area (Å²) < 4.78 is 53.3. The van der Waals surface area contributed by atoms with Crippen molar-refractivity contribution in [1.29, 1.82) is 5.26 Å². The van der Waals surface area contributed by atoms with E-state index in [0.29, 0.717) is 27.9 Å². The zero-order chi connectivity index (χ0) is 30.6. The quantitative estimate of drug-likeness (QED) is 0.266. The number of aryl methyl sites for hydroxylation is 1. The molecule has 218 valence electrons. The van der Waals surface area contributed by atoms with Crippen LogP contribution in [-0.4, -0.2) is 47.9 Å². The Labute approximate surface area is 242 Å². The molecular weight excluding hydrogens is 563 g/mol. The Bertz CT molecular complexity index is 1820. The van der Waals surface area contributed by atoms with Gasteiger partial charge < -0.3 is 14.6 Å². The number of sulfone groups is 1. The maximum atomic E-state index is 13.8. The maximum absolute atomic E-state index is 13.8. The molecule has 0 spiro atoms. The van der Waals surface area contributed by atoms with Crippen molar-refractivity contribution >= 4 is 9.84 Å². The molecule has 4 rings (SSSR count). The number of halogens is 1. The predicted octanol–water partition coefficient (Wildman–Crippen LogP) is 4.32. The molecule has 2 heterocycles. The van der Waals surface area contributed by atoms with E-state index in [4.69, 9.17) is 9.47 Å². The summed E-state index contributed by atoms with van der Waals surface area (Å²) in [6.07, 6.45) is -0.262. The lowest BCUT2D eigenvalue weighted by Gasteiger charge is -2.26. The van der Waals surface area contributed by atoms with E-state index in [1.807, 2.05) is 0 Å². The summed E-state index contributed by atoms with van der Waals surface area (Å²) in [6.45, 7) is 4.91. The summed E-state index contributed by atoms with van der Waals surface area (Å²) in [5.74, 6) is -1.50. The minimum absolute atomic E-state index is 0.0239. The number of rotatable bonds is 10. The second-order valence-electron chi connectivity index (χ2n) is 9.72. The summed E-state index contributed by atoms with van der Waals surface area (Å²) in [5.41, 5.74) is 1.29. The molecule has 2 aromatic carbocycles. The number of nitriles is 1. The Morgan fingerprint density at radius 1 is 1.10 bits per heavy atom. The van der Waals surface area contributed by atoms with E-state index in [9.17, 15) is 28.0 Å². The number of pyridine rings is 1. The van der Waals surface area contributed by atoms with Crippen molar-refractivity contribution < 1.29 is 27.4 Å². The highest BCUT2D eigenvalue weighted by Crippen LogP contribution is 2.33. The number of hydrogen-bond donors (Lipinski definition) is 1. The van der Waals surface area contributed by atoms with Crippen molar-refractivity contribution in [3.8, 4) is 23.1 Å². The van der Waals surface area contributed by atoms with Crippen molar-refractivity contribution in [2.75, 3.05) is 13.7 Å². The van der Waals surface area contributed by atoms with E-state index in [0.717, 1.165) is 0 Å². The molecule has 2 aromatic heterocycles. The van der Waals surface area contributed by atoms with E-state index < -0.39 is 38.2 Å². The Kier molecular flexibility index (Phi) is 9.16. The van der Waals surface area contributed by atoms with Crippen LogP contribution in [0.5, 0.6) is 5.88 Å². The molecule has 0 saturated heterocycles. The van der Waals surface area contributed by atoms with Gasteiger partial charge in [-0.2, -0.15) is 14.6 Å². The molecular formula is C30H29FN4O6S. The van der Waals surface area contributed by atoms with Gasteiger partial charge in [-0.1, -0.05) is 24.3 Å². The summed E-state index contributed by atoms with van der Waals surface area (Å²) in [5, 5.41) is 20.9. The van der Waals surface area contributed by atoms with Gasteiger partial charge in [0.15, 0.2) is 4.90 Å². The van der Waals surface area contributed by atoms with Crippen molar-refractivity contribution in [3.05, 3.63) is 99.6 Å². The molecule has 12 heteroatoms. The molecule has 10 nitrogen and oxygen atoms in total.